The van der Waals surface area contributed by atoms with E-state index in [2.05, 4.69) is 49.7 Å². The van der Waals surface area contributed by atoms with E-state index >= 15 is 0 Å². The molecule has 1 atom stereocenters. The average molecular weight is 247 g/mol. The van der Waals surface area contributed by atoms with Gasteiger partial charge in [0.1, 0.15) is 0 Å². The zero-order chi connectivity index (χ0) is 12.1. The fourth-order valence-electron chi connectivity index (χ4n) is 2.66. The topological polar surface area (TPSA) is 0 Å². The van der Waals surface area contributed by atoms with Gasteiger partial charge < -0.3 is 0 Å². The number of hydrogen-bond acceptors (Lipinski definition) is 0. The third kappa shape index (κ3) is 2.99. The summed E-state index contributed by atoms with van der Waals surface area (Å²) < 4.78 is 0. The first-order chi connectivity index (χ1) is 8.26. The SMILES string of the molecule is CCCCCCC[P]1(C)C=Cc2ccccc21. The fraction of sp³-hybridized carbons (Fsp3) is 0.500. The Bertz CT molecular complexity index is 394. The highest BCUT2D eigenvalue weighted by atomic mass is 31.2. The first kappa shape index (κ1) is 12.8. The van der Waals surface area contributed by atoms with E-state index in [4.69, 9.17) is 0 Å². The van der Waals surface area contributed by atoms with E-state index in [1.807, 2.05) is 0 Å². The summed E-state index contributed by atoms with van der Waals surface area (Å²) in [6, 6.07) is 8.95. The van der Waals surface area contributed by atoms with Crippen molar-refractivity contribution in [2.24, 2.45) is 0 Å². The summed E-state index contributed by atoms with van der Waals surface area (Å²) in [5, 5.41) is 1.63. The van der Waals surface area contributed by atoms with Crippen LogP contribution < -0.4 is 5.30 Å². The fourth-order valence-corrected chi connectivity index (χ4v) is 5.74. The molecule has 2 rings (SSSR count). The van der Waals surface area contributed by atoms with Crippen molar-refractivity contribution >= 4 is 18.6 Å². The van der Waals surface area contributed by atoms with Crippen LogP contribution in [0.25, 0.3) is 6.08 Å². The van der Waals surface area contributed by atoms with Crippen molar-refractivity contribution in [3.63, 3.8) is 0 Å². The number of fused-ring (bicyclic) bond motifs is 1. The summed E-state index contributed by atoms with van der Waals surface area (Å²) >= 11 is 0. The molecule has 0 nitrogen and oxygen atoms in total. The Morgan fingerprint density at radius 2 is 1.76 bits per heavy atom. The van der Waals surface area contributed by atoms with Crippen molar-refractivity contribution in [3.05, 3.63) is 35.6 Å². The van der Waals surface area contributed by atoms with Gasteiger partial charge >= 0.3 is 0 Å². The second-order valence-corrected chi connectivity index (χ2v) is 9.04. The third-order valence-corrected chi connectivity index (χ3v) is 7.36. The van der Waals surface area contributed by atoms with Crippen molar-refractivity contribution in [1.82, 2.24) is 0 Å². The molecule has 0 N–H and O–H groups in total. The molecule has 1 aliphatic heterocycles. The molecular weight excluding hydrogens is 223 g/mol. The van der Waals surface area contributed by atoms with Gasteiger partial charge in [-0.1, -0.05) is 76.0 Å². The zero-order valence-corrected chi connectivity index (χ0v) is 12.0. The molecule has 1 unspecified atom stereocenters. The van der Waals surface area contributed by atoms with Crippen molar-refractivity contribution in [2.45, 2.75) is 39.0 Å². The van der Waals surface area contributed by atoms with E-state index in [1.165, 1.54) is 43.8 Å². The molecule has 17 heavy (non-hydrogen) atoms. The van der Waals surface area contributed by atoms with Gasteiger partial charge in [0, 0.05) is 0 Å². The van der Waals surface area contributed by atoms with Crippen LogP contribution in [0.3, 0.4) is 0 Å². The second kappa shape index (κ2) is 5.83. The Balaban J connectivity index is 1.91. The average Bonchev–Trinajstić information content (AvgIpc) is 2.68. The molecule has 0 aliphatic carbocycles. The lowest BCUT2D eigenvalue weighted by Crippen LogP contribution is -2.10. The summed E-state index contributed by atoms with van der Waals surface area (Å²) in [5.41, 5.74) is 1.47. The standard InChI is InChI=1S/C16H24P/c1-3-4-5-6-9-13-17(2)14-12-15-10-7-8-11-16(15)17/h7-8,10-12,14H,3-6,9,13H2,1-2H3. The molecule has 1 aromatic rings. The van der Waals surface area contributed by atoms with Crippen molar-refractivity contribution in [1.29, 1.82) is 0 Å². The normalized spacial score (nSPS) is 21.8. The van der Waals surface area contributed by atoms with E-state index < -0.39 is 7.26 Å². The Kier molecular flexibility index (Phi) is 4.40. The van der Waals surface area contributed by atoms with E-state index in [0.29, 0.717) is 0 Å². The maximum Gasteiger partial charge on any atom is -0.0175 e. The van der Waals surface area contributed by atoms with Gasteiger partial charge in [0.2, 0.25) is 0 Å². The molecule has 0 aromatic heterocycles. The summed E-state index contributed by atoms with van der Waals surface area (Å²) in [5.74, 6) is 2.51. The van der Waals surface area contributed by atoms with Crippen molar-refractivity contribution in [3.8, 4) is 0 Å². The van der Waals surface area contributed by atoms with Gasteiger partial charge in [0.05, 0.1) is 0 Å². The van der Waals surface area contributed by atoms with Gasteiger partial charge in [-0.15, -0.1) is 0 Å². The summed E-state index contributed by atoms with van der Waals surface area (Å²) in [7, 11) is -0.939. The summed E-state index contributed by atoms with van der Waals surface area (Å²) in [6.45, 7) is 4.78. The van der Waals surface area contributed by atoms with Crippen LogP contribution in [0.1, 0.15) is 44.6 Å². The molecule has 1 heterocycles. The van der Waals surface area contributed by atoms with Crippen LogP contribution in [-0.4, -0.2) is 12.8 Å². The van der Waals surface area contributed by atoms with Crippen LogP contribution in [0.15, 0.2) is 30.1 Å². The number of hydrogen-bond donors (Lipinski definition) is 0. The molecule has 0 spiro atoms. The number of benzene rings is 1. The number of rotatable bonds is 6. The first-order valence-corrected chi connectivity index (χ1v) is 9.39. The predicted molar refractivity (Wildman–Crippen MR) is 81.6 cm³/mol. The monoisotopic (exact) mass is 247 g/mol. The van der Waals surface area contributed by atoms with Gasteiger partial charge in [-0.25, -0.2) is 0 Å². The lowest BCUT2D eigenvalue weighted by atomic mass is 10.2. The molecule has 0 amide bonds. The van der Waals surface area contributed by atoms with Gasteiger partial charge in [-0.05, 0) is 30.1 Å². The Labute approximate surface area is 106 Å². The van der Waals surface area contributed by atoms with Crippen LogP contribution in [0.5, 0.6) is 0 Å². The highest BCUT2D eigenvalue weighted by Crippen LogP contribution is 2.60. The molecule has 1 aliphatic rings. The largest absolute Gasteiger partial charge is 0.0796 e. The summed E-state index contributed by atoms with van der Waals surface area (Å²) in [6.07, 6.45) is 10.7. The maximum absolute atomic E-state index is 2.51. The molecule has 93 valence electrons. The van der Waals surface area contributed by atoms with Crippen LogP contribution in [-0.2, 0) is 0 Å². The van der Waals surface area contributed by atoms with Gasteiger partial charge in [0.25, 0.3) is 0 Å². The smallest absolute Gasteiger partial charge is 0.0175 e. The highest BCUT2D eigenvalue weighted by Gasteiger charge is 2.26. The zero-order valence-electron chi connectivity index (χ0n) is 11.2. The van der Waals surface area contributed by atoms with E-state index in [0.717, 1.165) is 0 Å². The molecule has 0 saturated carbocycles. The quantitative estimate of drug-likeness (QED) is 0.494. The molecule has 0 fully saturated rings. The van der Waals surface area contributed by atoms with Gasteiger partial charge in [-0.3, -0.25) is 0 Å². The molecule has 0 bridgehead atoms. The Morgan fingerprint density at radius 3 is 2.59 bits per heavy atom. The number of unbranched alkanes of at least 4 members (excludes halogenated alkanes) is 4. The minimum absolute atomic E-state index is 0.939. The predicted octanol–water partition coefficient (Wildman–Crippen LogP) is 4.91. The van der Waals surface area contributed by atoms with Gasteiger partial charge in [-0.2, -0.15) is 0 Å². The van der Waals surface area contributed by atoms with Crippen LogP contribution in [0.2, 0.25) is 0 Å². The lowest BCUT2D eigenvalue weighted by Gasteiger charge is -2.26. The molecule has 1 aromatic carbocycles. The lowest BCUT2D eigenvalue weighted by molar-refractivity contribution is 0.658. The summed E-state index contributed by atoms with van der Waals surface area (Å²) in [4.78, 5) is 0. The van der Waals surface area contributed by atoms with Crippen molar-refractivity contribution in [2.75, 3.05) is 12.8 Å². The van der Waals surface area contributed by atoms with Crippen LogP contribution in [0, 0.1) is 0 Å². The minimum Gasteiger partial charge on any atom is -0.0796 e. The highest BCUT2D eigenvalue weighted by molar-refractivity contribution is 7.85. The van der Waals surface area contributed by atoms with E-state index in [1.54, 1.807) is 5.30 Å². The molecule has 0 saturated heterocycles. The van der Waals surface area contributed by atoms with E-state index in [9.17, 15) is 0 Å². The first-order valence-electron chi connectivity index (χ1n) is 6.90. The minimum atomic E-state index is -0.939. The molecule has 1 radical (unpaired) electrons. The molecule has 1 heteroatoms. The Hall–Kier alpha value is -0.610. The third-order valence-electron chi connectivity index (χ3n) is 3.80. The van der Waals surface area contributed by atoms with Crippen LogP contribution >= 0.6 is 7.26 Å². The maximum atomic E-state index is 2.51. The van der Waals surface area contributed by atoms with E-state index in [-0.39, 0.29) is 0 Å². The molecular formula is C16H24P. The van der Waals surface area contributed by atoms with Crippen molar-refractivity contribution < 1.29 is 0 Å². The van der Waals surface area contributed by atoms with Gasteiger partial charge in [0.15, 0.2) is 0 Å². The van der Waals surface area contributed by atoms with Crippen LogP contribution in [0.4, 0.5) is 0 Å². The second-order valence-electron chi connectivity index (χ2n) is 5.28. The Morgan fingerprint density at radius 1 is 1.00 bits per heavy atom.